The fraction of sp³-hybridized carbons (Fsp3) is 0.500. The monoisotopic (exact) mass is 804 g/mol. The summed E-state index contributed by atoms with van der Waals surface area (Å²) in [6, 6.07) is 17.7. The minimum atomic E-state index is -4.97. The van der Waals surface area contributed by atoms with E-state index < -0.39 is 41.5 Å². The van der Waals surface area contributed by atoms with Crippen LogP contribution in [-0.4, -0.2) is 108 Å². The maximum Gasteiger partial charge on any atom is 0.416 e. The maximum atomic E-state index is 14.7. The van der Waals surface area contributed by atoms with Crippen molar-refractivity contribution in [3.8, 4) is 0 Å². The molecule has 0 radical (unpaired) electrons. The van der Waals surface area contributed by atoms with Crippen LogP contribution >= 0.6 is 0 Å². The van der Waals surface area contributed by atoms with Gasteiger partial charge in [0.2, 0.25) is 5.91 Å². The van der Waals surface area contributed by atoms with Gasteiger partial charge in [-0.3, -0.25) is 9.69 Å². The summed E-state index contributed by atoms with van der Waals surface area (Å²) in [6.07, 6.45) is -4.36. The Kier molecular flexibility index (Phi) is 16.2. The molecule has 0 N–H and O–H groups in total. The van der Waals surface area contributed by atoms with E-state index in [4.69, 9.17) is 0 Å². The van der Waals surface area contributed by atoms with Crippen LogP contribution in [0, 0.1) is 0 Å². The zero-order chi connectivity index (χ0) is 41.8. The lowest BCUT2D eigenvalue weighted by Gasteiger charge is -2.44. The number of piperazine rings is 1. The number of nitrogens with zero attached hydrogens (tertiary/aromatic N) is 6. The Hall–Kier alpha value is -4.79. The number of anilines is 2. The summed E-state index contributed by atoms with van der Waals surface area (Å²) in [6.45, 7) is 5.41. The second-order valence-electron chi connectivity index (χ2n) is 14.5. The van der Waals surface area contributed by atoms with Gasteiger partial charge in [-0.2, -0.15) is 26.3 Å². The maximum absolute atomic E-state index is 14.7. The van der Waals surface area contributed by atoms with Crippen LogP contribution in [0.4, 0.5) is 47.3 Å². The lowest BCUT2D eigenvalue weighted by molar-refractivity contribution is -0.143. The van der Waals surface area contributed by atoms with Crippen LogP contribution in [0.3, 0.4) is 0 Å². The number of benzene rings is 3. The number of carbonyl (C=O) groups excluding carboxylic acids is 3. The van der Waals surface area contributed by atoms with Gasteiger partial charge >= 0.3 is 24.4 Å². The van der Waals surface area contributed by atoms with Crippen LogP contribution < -0.4 is 4.90 Å². The molecular formula is C42H54F6N6O3. The Morgan fingerprint density at radius 1 is 0.667 bits per heavy atom. The van der Waals surface area contributed by atoms with Crippen molar-refractivity contribution in [2.24, 2.45) is 0 Å². The van der Waals surface area contributed by atoms with Crippen molar-refractivity contribution in [1.82, 2.24) is 24.5 Å². The first kappa shape index (κ1) is 44.9. The molecule has 0 aromatic heterocycles. The average molecular weight is 805 g/mol. The Morgan fingerprint density at radius 2 is 1.18 bits per heavy atom. The standard InChI is InChI=1S/C42H54F6N6O3/c1-5-7-15-21-51(22-16-8-6-2)39(56)52-25-26-53(40(57)54(35-17-11-9-12-18-35)36-19-13-10-14-20-36)37(31-52)38(55)50(4)24-23-49(3)30-32-27-33(41(43,44)45)29-34(28-32)42(46,47)48/h9-14,17-20,27-29,37H,5-8,15-16,21-26,30-31H2,1-4H3. The van der Waals surface area contributed by atoms with E-state index in [9.17, 15) is 40.7 Å². The van der Waals surface area contributed by atoms with Gasteiger partial charge in [-0.15, -0.1) is 0 Å². The molecule has 0 saturated carbocycles. The van der Waals surface area contributed by atoms with E-state index in [1.165, 1.54) is 33.7 Å². The number of urea groups is 2. The van der Waals surface area contributed by atoms with E-state index in [1.54, 1.807) is 53.4 Å². The Bertz CT molecular complexity index is 1660. The molecule has 4 rings (SSSR count). The summed E-state index contributed by atoms with van der Waals surface area (Å²) >= 11 is 0. The number of likely N-dealkylation sites (N-methyl/N-ethyl adjacent to an activating group) is 2. The summed E-state index contributed by atoms with van der Waals surface area (Å²) in [5.74, 6) is -0.461. The molecule has 57 heavy (non-hydrogen) atoms. The van der Waals surface area contributed by atoms with E-state index in [-0.39, 0.29) is 56.9 Å². The second-order valence-corrected chi connectivity index (χ2v) is 14.5. The van der Waals surface area contributed by atoms with Gasteiger partial charge in [0.25, 0.3) is 0 Å². The van der Waals surface area contributed by atoms with Gasteiger partial charge in [0.05, 0.1) is 29.0 Å². The highest BCUT2D eigenvalue weighted by atomic mass is 19.4. The van der Waals surface area contributed by atoms with Crippen molar-refractivity contribution >= 4 is 29.3 Å². The van der Waals surface area contributed by atoms with Crippen LogP contribution in [0.1, 0.15) is 69.1 Å². The van der Waals surface area contributed by atoms with Crippen LogP contribution in [0.2, 0.25) is 0 Å². The molecule has 1 fully saturated rings. The Labute approximate surface area is 331 Å². The van der Waals surface area contributed by atoms with Gasteiger partial charge in [-0.05, 0) is 67.9 Å². The molecule has 0 spiro atoms. The van der Waals surface area contributed by atoms with Crippen molar-refractivity contribution in [3.63, 3.8) is 0 Å². The number of unbranched alkanes of at least 4 members (excludes halogenated alkanes) is 4. The van der Waals surface area contributed by atoms with E-state index in [1.807, 2.05) is 17.0 Å². The summed E-state index contributed by atoms with van der Waals surface area (Å²) < 4.78 is 81.0. The lowest BCUT2D eigenvalue weighted by atomic mass is 10.0. The fourth-order valence-electron chi connectivity index (χ4n) is 6.84. The molecule has 1 atom stereocenters. The molecule has 1 saturated heterocycles. The van der Waals surface area contributed by atoms with Gasteiger partial charge in [-0.25, -0.2) is 9.59 Å². The molecule has 1 aliphatic rings. The molecule has 0 aliphatic carbocycles. The molecule has 1 unspecified atom stereocenters. The topological polar surface area (TPSA) is 70.7 Å². The molecule has 0 bridgehead atoms. The molecule has 1 heterocycles. The van der Waals surface area contributed by atoms with Crippen LogP contribution in [-0.2, 0) is 23.7 Å². The Balaban J connectivity index is 1.59. The average Bonchev–Trinajstić information content (AvgIpc) is 3.18. The molecule has 15 heteroatoms. The van der Waals surface area contributed by atoms with Crippen molar-refractivity contribution in [1.29, 1.82) is 0 Å². The van der Waals surface area contributed by atoms with Gasteiger partial charge in [-0.1, -0.05) is 75.9 Å². The molecule has 5 amide bonds. The van der Waals surface area contributed by atoms with Gasteiger partial charge in [0, 0.05) is 52.9 Å². The molecule has 9 nitrogen and oxygen atoms in total. The number of amides is 5. The third kappa shape index (κ3) is 12.6. The van der Waals surface area contributed by atoms with E-state index in [0.29, 0.717) is 36.6 Å². The number of alkyl halides is 6. The molecule has 3 aromatic rings. The van der Waals surface area contributed by atoms with E-state index in [0.717, 1.165) is 38.5 Å². The largest absolute Gasteiger partial charge is 0.416 e. The van der Waals surface area contributed by atoms with Gasteiger partial charge < -0.3 is 24.5 Å². The van der Waals surface area contributed by atoms with Crippen LogP contribution in [0.15, 0.2) is 78.9 Å². The number of halogens is 6. The fourth-order valence-corrected chi connectivity index (χ4v) is 6.84. The van der Waals surface area contributed by atoms with Crippen LogP contribution in [0.5, 0.6) is 0 Å². The zero-order valence-electron chi connectivity index (χ0n) is 33.2. The molecule has 312 valence electrons. The van der Waals surface area contributed by atoms with Gasteiger partial charge in [0.1, 0.15) is 6.04 Å². The minimum absolute atomic E-state index is 0.0359. The number of carbonyl (C=O) groups is 3. The van der Waals surface area contributed by atoms with Crippen molar-refractivity contribution in [2.45, 2.75) is 77.3 Å². The second kappa shape index (κ2) is 20.6. The normalized spacial score (nSPS) is 14.8. The number of hydrogen-bond donors (Lipinski definition) is 0. The first-order valence-electron chi connectivity index (χ1n) is 19.5. The minimum Gasteiger partial charge on any atom is -0.343 e. The third-order valence-electron chi connectivity index (χ3n) is 10.0. The van der Waals surface area contributed by atoms with E-state index in [2.05, 4.69) is 13.8 Å². The first-order chi connectivity index (χ1) is 27.0. The zero-order valence-corrected chi connectivity index (χ0v) is 33.2. The predicted molar refractivity (Wildman–Crippen MR) is 209 cm³/mol. The highest BCUT2D eigenvalue weighted by molar-refractivity contribution is 6.01. The number of para-hydroxylation sites is 2. The number of rotatable bonds is 16. The highest BCUT2D eigenvalue weighted by Gasteiger charge is 2.42. The molecule has 3 aromatic carbocycles. The molecular weight excluding hydrogens is 750 g/mol. The lowest BCUT2D eigenvalue weighted by Crippen LogP contribution is -2.64. The number of hydrogen-bond acceptors (Lipinski definition) is 4. The van der Waals surface area contributed by atoms with Crippen molar-refractivity contribution in [3.05, 3.63) is 95.6 Å². The Morgan fingerprint density at radius 3 is 1.65 bits per heavy atom. The predicted octanol–water partition coefficient (Wildman–Crippen LogP) is 9.36. The quantitative estimate of drug-likeness (QED) is 0.107. The van der Waals surface area contributed by atoms with Crippen molar-refractivity contribution < 1.29 is 40.7 Å². The molecule has 1 aliphatic heterocycles. The summed E-state index contributed by atoms with van der Waals surface area (Å²) in [5, 5.41) is 0. The van der Waals surface area contributed by atoms with Crippen LogP contribution in [0.25, 0.3) is 0 Å². The van der Waals surface area contributed by atoms with Crippen molar-refractivity contribution in [2.75, 3.05) is 64.8 Å². The summed E-state index contributed by atoms with van der Waals surface area (Å²) in [5.41, 5.74) is -1.83. The summed E-state index contributed by atoms with van der Waals surface area (Å²) in [4.78, 5) is 52.6. The SMILES string of the molecule is CCCCCN(CCCCC)C(=O)N1CCN(C(=O)N(c2ccccc2)c2ccccc2)C(C(=O)N(C)CCN(C)Cc2cc(C(F)(F)F)cc(C(F)(F)F)c2)C1. The van der Waals surface area contributed by atoms with E-state index >= 15 is 0 Å². The summed E-state index contributed by atoms with van der Waals surface area (Å²) in [7, 11) is 3.06. The first-order valence-corrected chi connectivity index (χ1v) is 19.5. The highest BCUT2D eigenvalue weighted by Crippen LogP contribution is 2.36. The van der Waals surface area contributed by atoms with Gasteiger partial charge in [0.15, 0.2) is 0 Å². The third-order valence-corrected chi connectivity index (χ3v) is 10.0. The smallest absolute Gasteiger partial charge is 0.343 e.